The molecule has 0 atom stereocenters. The Bertz CT molecular complexity index is 589. The highest BCUT2D eigenvalue weighted by atomic mass is 16.1. The lowest BCUT2D eigenvalue weighted by atomic mass is 9.98. The van der Waals surface area contributed by atoms with Crippen LogP contribution in [0.4, 0.5) is 5.69 Å². The number of ketones is 1. The molecule has 2 aromatic rings. The van der Waals surface area contributed by atoms with E-state index in [1.54, 1.807) is 12.3 Å². The maximum Gasteiger partial charge on any atom is 0.196 e. The van der Waals surface area contributed by atoms with Gasteiger partial charge in [0.05, 0.1) is 11.3 Å². The molecule has 1 aliphatic carbocycles. The molecule has 1 aromatic heterocycles. The first kappa shape index (κ1) is 11.0. The van der Waals surface area contributed by atoms with Crippen molar-refractivity contribution >= 4 is 11.5 Å². The Morgan fingerprint density at radius 3 is 2.56 bits per heavy atom. The normalized spacial score (nSPS) is 14.4. The summed E-state index contributed by atoms with van der Waals surface area (Å²) in [6.45, 7) is 0. The number of rotatable bonds is 3. The predicted octanol–water partition coefficient (Wildman–Crippen LogP) is 2.77. The Morgan fingerprint density at radius 2 is 1.89 bits per heavy atom. The minimum atomic E-state index is -0.0249. The lowest BCUT2D eigenvalue weighted by Gasteiger charge is -2.09. The van der Waals surface area contributed by atoms with Crippen molar-refractivity contribution in [2.45, 2.75) is 18.8 Å². The van der Waals surface area contributed by atoms with Gasteiger partial charge in [0.25, 0.3) is 0 Å². The minimum absolute atomic E-state index is 0.0249. The Morgan fingerprint density at radius 1 is 1.17 bits per heavy atom. The fraction of sp³-hybridized carbons (Fsp3) is 0.200. The number of aromatic nitrogens is 1. The third-order valence-electron chi connectivity index (χ3n) is 3.24. The zero-order valence-electron chi connectivity index (χ0n) is 9.97. The summed E-state index contributed by atoms with van der Waals surface area (Å²) in [5.74, 6) is 0.388. The van der Waals surface area contributed by atoms with Crippen LogP contribution in [-0.4, -0.2) is 10.8 Å². The van der Waals surface area contributed by atoms with Gasteiger partial charge in [-0.25, -0.2) is 0 Å². The molecule has 1 fully saturated rings. The van der Waals surface area contributed by atoms with E-state index in [1.807, 2.05) is 30.3 Å². The van der Waals surface area contributed by atoms with Gasteiger partial charge in [-0.05, 0) is 18.9 Å². The SMILES string of the molecule is Nc1ccnc(C2CC2)c1C(=O)c1ccccc1. The summed E-state index contributed by atoms with van der Waals surface area (Å²) in [6, 6.07) is 10.9. The Hall–Kier alpha value is -2.16. The van der Waals surface area contributed by atoms with Crippen LogP contribution in [-0.2, 0) is 0 Å². The average Bonchev–Trinajstić information content (AvgIpc) is 3.23. The summed E-state index contributed by atoms with van der Waals surface area (Å²) in [6.07, 6.45) is 3.89. The van der Waals surface area contributed by atoms with Gasteiger partial charge < -0.3 is 5.73 Å². The Kier molecular flexibility index (Phi) is 2.59. The maximum absolute atomic E-state index is 12.5. The van der Waals surface area contributed by atoms with E-state index >= 15 is 0 Å². The van der Waals surface area contributed by atoms with Crippen LogP contribution in [0.2, 0.25) is 0 Å². The van der Waals surface area contributed by atoms with E-state index in [0.717, 1.165) is 18.5 Å². The van der Waals surface area contributed by atoms with Crippen LogP contribution >= 0.6 is 0 Å². The zero-order valence-corrected chi connectivity index (χ0v) is 9.97. The van der Waals surface area contributed by atoms with Crippen LogP contribution in [0.5, 0.6) is 0 Å². The van der Waals surface area contributed by atoms with Gasteiger partial charge in [0.2, 0.25) is 0 Å². The lowest BCUT2D eigenvalue weighted by molar-refractivity contribution is 0.103. The van der Waals surface area contributed by atoms with Crippen LogP contribution < -0.4 is 5.73 Å². The van der Waals surface area contributed by atoms with Crippen LogP contribution in [0.15, 0.2) is 42.6 Å². The van der Waals surface area contributed by atoms with E-state index in [9.17, 15) is 4.79 Å². The molecule has 90 valence electrons. The predicted molar refractivity (Wildman–Crippen MR) is 70.5 cm³/mol. The van der Waals surface area contributed by atoms with Crippen LogP contribution in [0.25, 0.3) is 0 Å². The summed E-state index contributed by atoms with van der Waals surface area (Å²) in [5.41, 5.74) is 8.61. The van der Waals surface area contributed by atoms with Gasteiger partial charge in [-0.15, -0.1) is 0 Å². The first-order chi connectivity index (χ1) is 8.77. The van der Waals surface area contributed by atoms with E-state index in [4.69, 9.17) is 5.73 Å². The third-order valence-corrected chi connectivity index (χ3v) is 3.24. The zero-order chi connectivity index (χ0) is 12.5. The highest BCUT2D eigenvalue weighted by Crippen LogP contribution is 2.42. The maximum atomic E-state index is 12.5. The number of pyridine rings is 1. The van der Waals surface area contributed by atoms with Gasteiger partial charge in [0.1, 0.15) is 0 Å². The van der Waals surface area contributed by atoms with Crippen molar-refractivity contribution in [1.29, 1.82) is 0 Å². The number of nitrogens with zero attached hydrogens (tertiary/aromatic N) is 1. The number of hydrogen-bond donors (Lipinski definition) is 1. The molecule has 0 radical (unpaired) electrons. The summed E-state index contributed by atoms with van der Waals surface area (Å²) in [5, 5.41) is 0. The summed E-state index contributed by atoms with van der Waals surface area (Å²) in [7, 11) is 0. The van der Waals surface area contributed by atoms with E-state index in [2.05, 4.69) is 4.98 Å². The van der Waals surface area contributed by atoms with Gasteiger partial charge in [0.15, 0.2) is 5.78 Å². The first-order valence-electron chi connectivity index (χ1n) is 6.11. The number of anilines is 1. The van der Waals surface area contributed by atoms with Crippen LogP contribution in [0, 0.1) is 0 Å². The summed E-state index contributed by atoms with van der Waals surface area (Å²) < 4.78 is 0. The van der Waals surface area contributed by atoms with Crippen molar-refractivity contribution in [1.82, 2.24) is 4.98 Å². The molecule has 0 aliphatic heterocycles. The van der Waals surface area contributed by atoms with Crippen molar-refractivity contribution < 1.29 is 4.79 Å². The fourth-order valence-corrected chi connectivity index (χ4v) is 2.14. The molecule has 1 heterocycles. The fourth-order valence-electron chi connectivity index (χ4n) is 2.14. The number of hydrogen-bond acceptors (Lipinski definition) is 3. The topological polar surface area (TPSA) is 56.0 Å². The monoisotopic (exact) mass is 238 g/mol. The van der Waals surface area contributed by atoms with Gasteiger partial charge in [-0.1, -0.05) is 30.3 Å². The van der Waals surface area contributed by atoms with Gasteiger partial charge >= 0.3 is 0 Å². The van der Waals surface area contributed by atoms with E-state index in [-0.39, 0.29) is 5.78 Å². The molecule has 0 saturated heterocycles. The number of carbonyl (C=O) groups excluding carboxylic acids is 1. The number of carbonyl (C=O) groups is 1. The second kappa shape index (κ2) is 4.26. The molecule has 1 aromatic carbocycles. The first-order valence-corrected chi connectivity index (χ1v) is 6.11. The number of nitrogen functional groups attached to an aromatic ring is 1. The molecule has 1 saturated carbocycles. The van der Waals surface area contributed by atoms with Crippen molar-refractivity contribution in [2.75, 3.05) is 5.73 Å². The van der Waals surface area contributed by atoms with E-state index < -0.39 is 0 Å². The smallest absolute Gasteiger partial charge is 0.196 e. The van der Waals surface area contributed by atoms with Crippen molar-refractivity contribution in [3.63, 3.8) is 0 Å². The van der Waals surface area contributed by atoms with E-state index in [0.29, 0.717) is 22.7 Å². The molecule has 18 heavy (non-hydrogen) atoms. The number of benzene rings is 1. The standard InChI is InChI=1S/C15H14N2O/c16-12-8-9-17-14(10-6-7-10)13(12)15(18)11-4-2-1-3-5-11/h1-5,8-10H,6-7H2,(H2,16,17). The molecule has 0 amide bonds. The molecule has 0 unspecified atom stereocenters. The molecular weight excluding hydrogens is 224 g/mol. The van der Waals surface area contributed by atoms with Crippen molar-refractivity contribution in [3.8, 4) is 0 Å². The van der Waals surface area contributed by atoms with Gasteiger partial charge in [0, 0.05) is 23.4 Å². The lowest BCUT2D eigenvalue weighted by Crippen LogP contribution is -2.10. The molecule has 3 nitrogen and oxygen atoms in total. The van der Waals surface area contributed by atoms with Crippen molar-refractivity contribution in [3.05, 3.63) is 59.4 Å². The average molecular weight is 238 g/mol. The Labute approximate surface area is 106 Å². The molecule has 3 rings (SSSR count). The highest BCUT2D eigenvalue weighted by Gasteiger charge is 2.30. The van der Waals surface area contributed by atoms with Crippen LogP contribution in [0.1, 0.15) is 40.4 Å². The molecule has 3 heteroatoms. The summed E-state index contributed by atoms with van der Waals surface area (Å²) >= 11 is 0. The van der Waals surface area contributed by atoms with Crippen molar-refractivity contribution in [2.24, 2.45) is 0 Å². The van der Waals surface area contributed by atoms with Crippen LogP contribution in [0.3, 0.4) is 0 Å². The molecule has 0 spiro atoms. The molecule has 1 aliphatic rings. The Balaban J connectivity index is 2.09. The summed E-state index contributed by atoms with van der Waals surface area (Å²) in [4.78, 5) is 16.8. The largest absolute Gasteiger partial charge is 0.398 e. The third kappa shape index (κ3) is 1.88. The van der Waals surface area contributed by atoms with Gasteiger partial charge in [-0.2, -0.15) is 0 Å². The molecule has 0 bridgehead atoms. The molecule has 2 N–H and O–H groups in total. The quantitative estimate of drug-likeness (QED) is 0.836. The van der Waals surface area contributed by atoms with Gasteiger partial charge in [-0.3, -0.25) is 9.78 Å². The minimum Gasteiger partial charge on any atom is -0.398 e. The number of nitrogens with two attached hydrogens (primary N) is 1. The van der Waals surface area contributed by atoms with E-state index in [1.165, 1.54) is 0 Å². The second-order valence-corrected chi connectivity index (χ2v) is 4.63. The molecular formula is C15H14N2O. The highest BCUT2D eigenvalue weighted by molar-refractivity contribution is 6.12. The second-order valence-electron chi connectivity index (χ2n) is 4.63.